The van der Waals surface area contributed by atoms with Gasteiger partial charge in [0.2, 0.25) is 0 Å². The third kappa shape index (κ3) is 2.01. The molecule has 1 heterocycles. The molecule has 0 aromatic rings. The lowest BCUT2D eigenvalue weighted by Crippen LogP contribution is -2.51. The largest absolute Gasteiger partial charge is 0.431 e. The quantitative estimate of drug-likeness (QED) is 0.679. The highest BCUT2D eigenvalue weighted by Crippen LogP contribution is 2.65. The molecule has 1 aliphatic heterocycles. The van der Waals surface area contributed by atoms with Crippen molar-refractivity contribution in [3.63, 3.8) is 0 Å². The lowest BCUT2D eigenvalue weighted by Gasteiger charge is -2.56. The van der Waals surface area contributed by atoms with Gasteiger partial charge in [-0.25, -0.2) is 0 Å². The van der Waals surface area contributed by atoms with Crippen molar-refractivity contribution in [3.05, 3.63) is 11.8 Å². The van der Waals surface area contributed by atoms with E-state index >= 15 is 0 Å². The number of carbonyl (C=O) groups is 2. The van der Waals surface area contributed by atoms with Crippen molar-refractivity contribution < 1.29 is 14.3 Å². The number of hydrogen-bond acceptors (Lipinski definition) is 3. The van der Waals surface area contributed by atoms with Gasteiger partial charge in [0, 0.05) is 17.8 Å². The van der Waals surface area contributed by atoms with Crippen LogP contribution in [0.1, 0.15) is 65.7 Å². The average Bonchev–Trinajstić information content (AvgIpc) is 2.85. The number of allylic oxidation sites excluding steroid dienone is 2. The third-order valence-electron chi connectivity index (χ3n) is 7.96. The molecular formula is C20H28O3. The molecule has 0 bridgehead atoms. The van der Waals surface area contributed by atoms with Gasteiger partial charge in [-0.3, -0.25) is 9.59 Å². The fourth-order valence-corrected chi connectivity index (χ4v) is 6.74. The van der Waals surface area contributed by atoms with Crippen LogP contribution >= 0.6 is 0 Å². The highest BCUT2D eigenvalue weighted by atomic mass is 16.5. The molecule has 0 aromatic heterocycles. The number of fused-ring (bicyclic) bond motifs is 5. The van der Waals surface area contributed by atoms with Crippen LogP contribution in [0.5, 0.6) is 0 Å². The zero-order chi connectivity index (χ0) is 16.4. The standard InChI is InChI=1S/C20H28O3/c1-12(21)14-5-6-15-13-4-7-17-20(3,11-9-18(22)23-17)16(13)8-10-19(14,15)2/h7,13-16H,4-6,8-11H2,1-3H3/t13-,14-,15+,16-,19-,20+/m0/s1. The van der Waals surface area contributed by atoms with Crippen molar-refractivity contribution in [1.29, 1.82) is 0 Å². The maximum absolute atomic E-state index is 12.1. The summed E-state index contributed by atoms with van der Waals surface area (Å²) in [7, 11) is 0. The Bertz CT molecular complexity index is 592. The van der Waals surface area contributed by atoms with Crippen LogP contribution in [-0.2, 0) is 14.3 Å². The van der Waals surface area contributed by atoms with Crippen LogP contribution in [-0.4, -0.2) is 11.8 Å². The van der Waals surface area contributed by atoms with Crippen LogP contribution in [0, 0.1) is 34.5 Å². The number of ether oxygens (including phenoxy) is 1. The van der Waals surface area contributed by atoms with Crippen LogP contribution in [0.2, 0.25) is 0 Å². The van der Waals surface area contributed by atoms with Gasteiger partial charge in [-0.05, 0) is 74.7 Å². The third-order valence-corrected chi connectivity index (χ3v) is 7.96. The van der Waals surface area contributed by atoms with Crippen molar-refractivity contribution in [2.75, 3.05) is 0 Å². The first-order valence-electron chi connectivity index (χ1n) is 9.28. The second-order valence-corrected chi connectivity index (χ2v) is 8.86. The van der Waals surface area contributed by atoms with E-state index < -0.39 is 0 Å². The number of ketones is 1. The summed E-state index contributed by atoms with van der Waals surface area (Å²) in [6.07, 6.45) is 9.29. The minimum absolute atomic E-state index is 0.0342. The number of esters is 1. The van der Waals surface area contributed by atoms with E-state index in [1.54, 1.807) is 6.92 Å². The predicted molar refractivity (Wildman–Crippen MR) is 87.3 cm³/mol. The first-order valence-corrected chi connectivity index (χ1v) is 9.28. The topological polar surface area (TPSA) is 43.4 Å². The van der Waals surface area contributed by atoms with Crippen molar-refractivity contribution in [1.82, 2.24) is 0 Å². The first kappa shape index (κ1) is 15.4. The van der Waals surface area contributed by atoms with Crippen LogP contribution in [0.4, 0.5) is 0 Å². The summed E-state index contributed by atoms with van der Waals surface area (Å²) in [4.78, 5) is 23.8. The summed E-state index contributed by atoms with van der Waals surface area (Å²) >= 11 is 0. The van der Waals surface area contributed by atoms with Gasteiger partial charge in [-0.2, -0.15) is 0 Å². The molecule has 3 fully saturated rings. The molecule has 0 aromatic carbocycles. The fraction of sp³-hybridized carbons (Fsp3) is 0.800. The van der Waals surface area contributed by atoms with Crippen LogP contribution < -0.4 is 0 Å². The van der Waals surface area contributed by atoms with Crippen LogP contribution in [0.15, 0.2) is 11.8 Å². The molecule has 0 N–H and O–H groups in total. The van der Waals surface area contributed by atoms with Gasteiger partial charge in [0.25, 0.3) is 0 Å². The van der Waals surface area contributed by atoms with Gasteiger partial charge in [-0.1, -0.05) is 13.8 Å². The van der Waals surface area contributed by atoms with Gasteiger partial charge < -0.3 is 4.74 Å². The first-order chi connectivity index (χ1) is 10.9. The number of hydrogen-bond donors (Lipinski definition) is 0. The van der Waals surface area contributed by atoms with Crippen molar-refractivity contribution in [2.45, 2.75) is 65.7 Å². The van der Waals surface area contributed by atoms with Crippen LogP contribution in [0.25, 0.3) is 0 Å². The van der Waals surface area contributed by atoms with Crippen molar-refractivity contribution >= 4 is 11.8 Å². The highest BCUT2D eigenvalue weighted by molar-refractivity contribution is 5.79. The lowest BCUT2D eigenvalue weighted by molar-refractivity contribution is -0.152. The molecule has 3 heteroatoms. The van der Waals surface area contributed by atoms with E-state index in [0.29, 0.717) is 30.0 Å². The van der Waals surface area contributed by atoms with E-state index in [9.17, 15) is 9.59 Å². The number of rotatable bonds is 1. The Morgan fingerprint density at radius 3 is 2.70 bits per heavy atom. The van der Waals surface area contributed by atoms with E-state index in [0.717, 1.165) is 31.4 Å². The zero-order valence-electron chi connectivity index (χ0n) is 14.6. The minimum atomic E-state index is -0.0645. The van der Waals surface area contributed by atoms with Crippen LogP contribution in [0.3, 0.4) is 0 Å². The van der Waals surface area contributed by atoms with Gasteiger partial charge >= 0.3 is 5.97 Å². The van der Waals surface area contributed by atoms with Crippen molar-refractivity contribution in [2.24, 2.45) is 34.5 Å². The molecule has 0 spiro atoms. The predicted octanol–water partition coefficient (Wildman–Crippen LogP) is 4.27. The summed E-state index contributed by atoms with van der Waals surface area (Å²) in [6, 6.07) is 0. The Morgan fingerprint density at radius 1 is 1.17 bits per heavy atom. The Balaban J connectivity index is 1.67. The van der Waals surface area contributed by atoms with Gasteiger partial charge in [0.1, 0.15) is 11.5 Å². The van der Waals surface area contributed by atoms with Gasteiger partial charge in [-0.15, -0.1) is 0 Å². The Kier molecular flexibility index (Phi) is 3.31. The molecule has 23 heavy (non-hydrogen) atoms. The summed E-state index contributed by atoms with van der Waals surface area (Å²) in [5, 5.41) is 0. The lowest BCUT2D eigenvalue weighted by atomic mass is 9.49. The van der Waals surface area contributed by atoms with E-state index in [1.807, 2.05) is 0 Å². The second-order valence-electron chi connectivity index (χ2n) is 8.86. The fourth-order valence-electron chi connectivity index (χ4n) is 6.74. The molecule has 1 saturated heterocycles. The molecule has 4 aliphatic rings. The minimum Gasteiger partial charge on any atom is -0.431 e. The van der Waals surface area contributed by atoms with Crippen molar-refractivity contribution in [3.8, 4) is 0 Å². The van der Waals surface area contributed by atoms with E-state index in [2.05, 4.69) is 19.9 Å². The summed E-state index contributed by atoms with van der Waals surface area (Å²) < 4.78 is 5.61. The molecule has 126 valence electrons. The molecule has 4 rings (SSSR count). The normalized spacial score (nSPS) is 48.7. The molecule has 6 atom stereocenters. The smallest absolute Gasteiger partial charge is 0.310 e. The Labute approximate surface area is 138 Å². The van der Waals surface area contributed by atoms with E-state index in [-0.39, 0.29) is 22.7 Å². The zero-order valence-corrected chi connectivity index (χ0v) is 14.6. The average molecular weight is 316 g/mol. The SMILES string of the molecule is CC(=O)[C@@H]1CC[C@@H]2[C@@H]3CC=C4OC(=O)CC[C@]4(C)[C@H]3CC[C@]21C. The maximum Gasteiger partial charge on any atom is 0.310 e. The molecule has 0 radical (unpaired) electrons. The van der Waals surface area contributed by atoms with Gasteiger partial charge in [0.05, 0.1) is 0 Å². The number of Topliss-reactive ketones (excluding diaryl/α,β-unsaturated/α-hetero) is 1. The van der Waals surface area contributed by atoms with E-state index in [4.69, 9.17) is 4.74 Å². The Hall–Kier alpha value is -1.12. The summed E-state index contributed by atoms with van der Waals surface area (Å²) in [5.41, 5.74) is 0.229. The molecule has 3 aliphatic carbocycles. The molecule has 0 amide bonds. The number of carbonyl (C=O) groups excluding carboxylic acids is 2. The van der Waals surface area contributed by atoms with E-state index in [1.165, 1.54) is 12.8 Å². The molecule has 3 nitrogen and oxygen atoms in total. The molecule has 2 saturated carbocycles. The Morgan fingerprint density at radius 2 is 1.96 bits per heavy atom. The molecular weight excluding hydrogens is 288 g/mol. The molecule has 0 unspecified atom stereocenters. The monoisotopic (exact) mass is 316 g/mol. The van der Waals surface area contributed by atoms with Gasteiger partial charge in [0.15, 0.2) is 0 Å². The highest BCUT2D eigenvalue weighted by Gasteiger charge is 2.60. The summed E-state index contributed by atoms with van der Waals surface area (Å²) in [6.45, 7) is 6.46. The maximum atomic E-state index is 12.1. The summed E-state index contributed by atoms with van der Waals surface area (Å²) in [5.74, 6) is 3.45. The second kappa shape index (κ2) is 4.94.